The summed E-state index contributed by atoms with van der Waals surface area (Å²) in [7, 11) is 0. The largest absolute Gasteiger partial charge is 0.324 e. The van der Waals surface area contributed by atoms with Gasteiger partial charge in [-0.05, 0) is 80.1 Å². The number of anilines is 4. The minimum absolute atomic E-state index is 0. The van der Waals surface area contributed by atoms with Crippen LogP contribution in [0.15, 0.2) is 85.7 Å². The number of amides is 2. The van der Waals surface area contributed by atoms with Gasteiger partial charge in [0.25, 0.3) is 5.91 Å². The summed E-state index contributed by atoms with van der Waals surface area (Å²) >= 11 is 0. The van der Waals surface area contributed by atoms with Crippen molar-refractivity contribution < 1.29 is 13.9 Å². The minimum Gasteiger partial charge on any atom is -0.324 e. The van der Waals surface area contributed by atoms with Gasteiger partial charge in [0.05, 0.1) is 5.69 Å². The van der Waals surface area contributed by atoms with Crippen molar-refractivity contribution in [3.63, 3.8) is 0 Å². The molecule has 0 fully saturated rings. The van der Waals surface area contributed by atoms with Gasteiger partial charge in [-0.25, -0.2) is 9.97 Å². The zero-order chi connectivity index (χ0) is 24.8. The van der Waals surface area contributed by atoms with Crippen LogP contribution in [0.5, 0.6) is 0 Å². The van der Waals surface area contributed by atoms with Crippen molar-refractivity contribution in [2.24, 2.45) is 0 Å². The average molecular weight is 471 g/mol. The van der Waals surface area contributed by atoms with Crippen LogP contribution in [0.3, 0.4) is 0 Å². The Morgan fingerprint density at radius 2 is 1.71 bits per heavy atom. The van der Waals surface area contributed by atoms with Crippen molar-refractivity contribution in [3.05, 3.63) is 103 Å². The fourth-order valence-corrected chi connectivity index (χ4v) is 3.34. The molecule has 0 aliphatic heterocycles. The first-order chi connectivity index (χ1) is 16.9. The zero-order valence-electron chi connectivity index (χ0n) is 19.4. The van der Waals surface area contributed by atoms with Gasteiger partial charge in [-0.3, -0.25) is 14.6 Å². The molecule has 0 saturated heterocycles. The Balaban J connectivity index is 0.00000241. The van der Waals surface area contributed by atoms with E-state index in [1.165, 1.54) is 6.08 Å². The van der Waals surface area contributed by atoms with Gasteiger partial charge in [0.2, 0.25) is 11.9 Å². The molecule has 35 heavy (non-hydrogen) atoms. The molecule has 0 bridgehead atoms. The Morgan fingerprint density at radius 3 is 2.43 bits per heavy atom. The monoisotopic (exact) mass is 470 g/mol. The van der Waals surface area contributed by atoms with Crippen LogP contribution in [0, 0.1) is 13.8 Å². The molecular weight excluding hydrogens is 440 g/mol. The predicted octanol–water partition coefficient (Wildman–Crippen LogP) is 6.01. The van der Waals surface area contributed by atoms with Crippen LogP contribution in [0.1, 0.15) is 25.9 Å². The highest BCUT2D eigenvalue weighted by Crippen LogP contribution is 2.25. The van der Waals surface area contributed by atoms with Crippen molar-refractivity contribution in [1.29, 1.82) is 0 Å². The van der Waals surface area contributed by atoms with E-state index in [4.69, 9.17) is 0 Å². The Hall–Kier alpha value is -4.85. The number of nitrogens with one attached hydrogen (secondary N) is 3. The maximum Gasteiger partial charge on any atom is 0.255 e. The summed E-state index contributed by atoms with van der Waals surface area (Å²) in [5.74, 6) is -0.133. The van der Waals surface area contributed by atoms with E-state index in [-0.39, 0.29) is 16.1 Å². The number of aromatic nitrogens is 3. The number of nitrogens with zero attached hydrogens (tertiary/aromatic N) is 3. The van der Waals surface area contributed by atoms with Gasteiger partial charge in [-0.15, -0.1) is 0 Å². The number of hydrogen-bond acceptors (Lipinski definition) is 6. The van der Waals surface area contributed by atoms with Crippen molar-refractivity contribution >= 4 is 34.8 Å². The summed E-state index contributed by atoms with van der Waals surface area (Å²) in [5.41, 5.74) is 5.88. The smallest absolute Gasteiger partial charge is 0.255 e. The minimum atomic E-state index is -0.313. The highest BCUT2D eigenvalue weighted by Gasteiger charge is 2.10. The van der Waals surface area contributed by atoms with E-state index >= 15 is 0 Å². The lowest BCUT2D eigenvalue weighted by Crippen LogP contribution is -2.13. The van der Waals surface area contributed by atoms with Gasteiger partial charge in [0.1, 0.15) is 0 Å². The number of hydrogen-bond donors (Lipinski definition) is 3. The second-order valence-corrected chi connectivity index (χ2v) is 7.84. The number of rotatable bonds is 7. The third-order valence-corrected chi connectivity index (χ3v) is 5.15. The predicted molar refractivity (Wildman–Crippen MR) is 144 cm³/mol. The van der Waals surface area contributed by atoms with Crippen molar-refractivity contribution in [3.8, 4) is 11.3 Å². The molecule has 8 nitrogen and oxygen atoms in total. The molecule has 0 aliphatic rings. The molecule has 4 rings (SSSR count). The summed E-state index contributed by atoms with van der Waals surface area (Å²) < 4.78 is 0. The second-order valence-electron chi connectivity index (χ2n) is 7.84. The summed E-state index contributed by atoms with van der Waals surface area (Å²) in [6, 6.07) is 17.9. The van der Waals surface area contributed by atoms with Crippen LogP contribution < -0.4 is 16.0 Å². The molecule has 0 saturated carbocycles. The van der Waals surface area contributed by atoms with E-state index in [0.717, 1.165) is 28.2 Å². The van der Waals surface area contributed by atoms with Gasteiger partial charge >= 0.3 is 0 Å². The zero-order valence-corrected chi connectivity index (χ0v) is 19.4. The van der Waals surface area contributed by atoms with E-state index in [9.17, 15) is 9.59 Å². The Bertz CT molecular complexity index is 1400. The molecule has 0 spiro atoms. The number of aryl methyl sites for hydroxylation is 2. The molecule has 180 valence electrons. The summed E-state index contributed by atoms with van der Waals surface area (Å²) in [4.78, 5) is 37.4. The molecule has 2 aromatic carbocycles. The second kappa shape index (κ2) is 10.4. The van der Waals surface area contributed by atoms with Crippen molar-refractivity contribution in [2.45, 2.75) is 13.8 Å². The third-order valence-electron chi connectivity index (χ3n) is 5.15. The van der Waals surface area contributed by atoms with Gasteiger partial charge in [0.15, 0.2) is 0 Å². The number of carbonyl (C=O) groups excluding carboxylic acids is 2. The Labute approximate surface area is 207 Å². The van der Waals surface area contributed by atoms with Crippen molar-refractivity contribution in [2.75, 3.05) is 16.0 Å². The molecule has 2 heterocycles. The van der Waals surface area contributed by atoms with E-state index < -0.39 is 0 Å². The molecule has 8 heteroatoms. The number of carbonyl (C=O) groups is 2. The first-order valence-corrected chi connectivity index (χ1v) is 10.9. The molecule has 0 atom stereocenters. The lowest BCUT2D eigenvalue weighted by atomic mass is 10.1. The number of benzene rings is 2. The summed E-state index contributed by atoms with van der Waals surface area (Å²) in [6.45, 7) is 7.29. The van der Waals surface area contributed by atoms with Crippen molar-refractivity contribution in [1.82, 2.24) is 15.0 Å². The van der Waals surface area contributed by atoms with E-state index in [0.29, 0.717) is 22.9 Å². The highest BCUT2D eigenvalue weighted by atomic mass is 16.2. The summed E-state index contributed by atoms with van der Waals surface area (Å²) in [5, 5.41) is 8.82. The van der Waals surface area contributed by atoms with Crippen LogP contribution in [-0.2, 0) is 4.79 Å². The van der Waals surface area contributed by atoms with Gasteiger partial charge in [-0.2, -0.15) is 0 Å². The van der Waals surface area contributed by atoms with Gasteiger partial charge in [-0.1, -0.05) is 12.6 Å². The average Bonchev–Trinajstić information content (AvgIpc) is 2.86. The molecule has 3 N–H and O–H groups in total. The first kappa shape index (κ1) is 23.3. The van der Waals surface area contributed by atoms with Gasteiger partial charge < -0.3 is 16.0 Å². The molecule has 4 aromatic rings. The lowest BCUT2D eigenvalue weighted by Gasteiger charge is -2.13. The molecule has 0 radical (unpaired) electrons. The van der Waals surface area contributed by atoms with Crippen LogP contribution in [0.25, 0.3) is 11.3 Å². The normalized spacial score (nSPS) is 10.3. The maximum atomic E-state index is 12.7. The molecule has 2 aromatic heterocycles. The Kier molecular flexibility index (Phi) is 6.92. The van der Waals surface area contributed by atoms with Crippen LogP contribution >= 0.6 is 0 Å². The molecule has 0 aliphatic carbocycles. The Morgan fingerprint density at radius 1 is 0.943 bits per heavy atom. The molecule has 0 unspecified atom stereocenters. The fourth-order valence-electron chi connectivity index (χ4n) is 3.34. The number of pyridine rings is 1. The quantitative estimate of drug-likeness (QED) is 0.285. The van der Waals surface area contributed by atoms with Gasteiger partial charge in [0, 0.05) is 50.6 Å². The highest BCUT2D eigenvalue weighted by molar-refractivity contribution is 6.05. The lowest BCUT2D eigenvalue weighted by molar-refractivity contribution is -0.111. The standard InChI is InChI=1S/C27H24N6O2.3H2/c1-4-25(34)30-21-11-8-19(9-12-21)26(35)31-22-10-7-17(2)23(15-22)32-27-29-18(3)14-24(33-27)20-6-5-13-28-16-20;;;/h4-16H,1H2,2-3H3,(H,30,34)(H,31,35)(H,29,32,33);3*1H. The topological polar surface area (TPSA) is 109 Å². The first-order valence-electron chi connectivity index (χ1n) is 10.9. The summed E-state index contributed by atoms with van der Waals surface area (Å²) in [6.07, 6.45) is 4.66. The SMILES string of the molecule is C=CC(=O)Nc1ccc(C(=O)Nc2ccc(C)c(Nc3nc(C)cc(-c4cccnc4)n3)c2)cc1.[HH].[HH].[HH]. The van der Waals surface area contributed by atoms with Crippen LogP contribution in [-0.4, -0.2) is 26.8 Å². The third kappa shape index (κ3) is 5.94. The fraction of sp³-hybridized carbons (Fsp3) is 0.0741. The van der Waals surface area contributed by atoms with E-state index in [2.05, 4.69) is 37.5 Å². The molecule has 2 amide bonds. The maximum absolute atomic E-state index is 12.7. The molecular formula is C27H30N6O2. The van der Waals surface area contributed by atoms with Crippen LogP contribution in [0.4, 0.5) is 23.0 Å². The van der Waals surface area contributed by atoms with Crippen LogP contribution in [0.2, 0.25) is 0 Å². The van der Waals surface area contributed by atoms with E-state index in [1.54, 1.807) is 36.7 Å². The van der Waals surface area contributed by atoms with E-state index in [1.807, 2.05) is 50.2 Å².